The molecule has 3 aromatic rings. The lowest BCUT2D eigenvalue weighted by atomic mass is 10.2. The first-order valence-electron chi connectivity index (χ1n) is 8.51. The average Bonchev–Trinajstić information content (AvgIpc) is 3.12. The van der Waals surface area contributed by atoms with Gasteiger partial charge in [-0.25, -0.2) is 0 Å². The number of methoxy groups -OCH3 is 1. The summed E-state index contributed by atoms with van der Waals surface area (Å²) < 4.78 is 16.4. The van der Waals surface area contributed by atoms with Crippen LogP contribution in [-0.2, 0) is 17.8 Å². The first-order valence-corrected chi connectivity index (χ1v) is 8.89. The second kappa shape index (κ2) is 9.43. The highest BCUT2D eigenvalue weighted by atomic mass is 35.5. The molecular formula is C21H22ClNO3. The van der Waals surface area contributed by atoms with Crippen molar-refractivity contribution in [1.82, 2.24) is 5.32 Å². The maximum absolute atomic E-state index is 6.21. The number of benzene rings is 2. The van der Waals surface area contributed by atoms with Gasteiger partial charge in [0, 0.05) is 19.2 Å². The lowest BCUT2D eigenvalue weighted by Gasteiger charge is -2.07. The maximum Gasteiger partial charge on any atom is 0.135 e. The fourth-order valence-electron chi connectivity index (χ4n) is 2.56. The van der Waals surface area contributed by atoms with Crippen LogP contribution in [0.15, 0.2) is 65.1 Å². The molecule has 0 atom stereocenters. The molecule has 0 fully saturated rings. The summed E-state index contributed by atoms with van der Waals surface area (Å²) in [5.41, 5.74) is 2.09. The summed E-state index contributed by atoms with van der Waals surface area (Å²) in [6.07, 6.45) is 0. The summed E-state index contributed by atoms with van der Waals surface area (Å²) in [5, 5.41) is 4.07. The van der Waals surface area contributed by atoms with Crippen LogP contribution in [0.5, 0.6) is 5.75 Å². The monoisotopic (exact) mass is 371 g/mol. The van der Waals surface area contributed by atoms with Crippen LogP contribution in [0.1, 0.15) is 11.3 Å². The minimum absolute atomic E-state index is 0.556. The van der Waals surface area contributed by atoms with Crippen molar-refractivity contribution >= 4 is 11.6 Å². The van der Waals surface area contributed by atoms with E-state index in [1.807, 2.05) is 60.7 Å². The summed E-state index contributed by atoms with van der Waals surface area (Å²) in [6, 6.07) is 19.6. The van der Waals surface area contributed by atoms with Gasteiger partial charge in [-0.3, -0.25) is 0 Å². The predicted octanol–water partition coefficient (Wildman–Crippen LogP) is 4.92. The third kappa shape index (κ3) is 5.11. The van der Waals surface area contributed by atoms with Crippen LogP contribution in [0, 0.1) is 0 Å². The number of rotatable bonds is 9. The third-order valence-electron chi connectivity index (χ3n) is 3.91. The fraction of sp³-hybridized carbons (Fsp3) is 0.238. The van der Waals surface area contributed by atoms with Crippen molar-refractivity contribution < 1.29 is 13.9 Å². The van der Waals surface area contributed by atoms with Crippen LogP contribution in [0.25, 0.3) is 11.3 Å². The van der Waals surface area contributed by atoms with E-state index in [2.05, 4.69) is 5.32 Å². The van der Waals surface area contributed by atoms with Gasteiger partial charge < -0.3 is 19.2 Å². The molecule has 0 saturated heterocycles. The minimum atomic E-state index is 0.556. The Hall–Kier alpha value is -2.27. The first kappa shape index (κ1) is 18.5. The Morgan fingerprint density at radius 3 is 2.50 bits per heavy atom. The van der Waals surface area contributed by atoms with Gasteiger partial charge in [0.25, 0.3) is 0 Å². The molecule has 0 unspecified atom stereocenters. The van der Waals surface area contributed by atoms with E-state index in [0.29, 0.717) is 24.8 Å². The first-order chi connectivity index (χ1) is 12.8. The molecule has 26 heavy (non-hydrogen) atoms. The number of furan rings is 1. The molecular weight excluding hydrogens is 350 g/mol. The van der Waals surface area contributed by atoms with Crippen LogP contribution >= 0.6 is 11.6 Å². The van der Waals surface area contributed by atoms with Gasteiger partial charge in [-0.15, -0.1) is 0 Å². The van der Waals surface area contributed by atoms with E-state index in [-0.39, 0.29) is 0 Å². The molecule has 4 nitrogen and oxygen atoms in total. The molecule has 1 aromatic heterocycles. The minimum Gasteiger partial charge on any atom is -0.491 e. The van der Waals surface area contributed by atoms with Gasteiger partial charge >= 0.3 is 0 Å². The van der Waals surface area contributed by atoms with Crippen molar-refractivity contribution in [2.45, 2.75) is 13.1 Å². The lowest BCUT2D eigenvalue weighted by molar-refractivity contribution is 0.146. The summed E-state index contributed by atoms with van der Waals surface area (Å²) in [6.45, 7) is 2.54. The topological polar surface area (TPSA) is 43.6 Å². The number of hydrogen-bond donors (Lipinski definition) is 1. The molecule has 0 spiro atoms. The summed E-state index contributed by atoms with van der Waals surface area (Å²) in [7, 11) is 1.66. The van der Waals surface area contributed by atoms with Crippen molar-refractivity contribution in [3.05, 3.63) is 77.0 Å². The summed E-state index contributed by atoms with van der Waals surface area (Å²) in [4.78, 5) is 0. The van der Waals surface area contributed by atoms with Crippen molar-refractivity contribution in [1.29, 1.82) is 0 Å². The molecule has 0 amide bonds. The average molecular weight is 372 g/mol. The maximum atomic E-state index is 6.21. The van der Waals surface area contributed by atoms with Crippen LogP contribution in [0.4, 0.5) is 0 Å². The highest BCUT2D eigenvalue weighted by Crippen LogP contribution is 2.29. The highest BCUT2D eigenvalue weighted by molar-refractivity contribution is 6.33. The van der Waals surface area contributed by atoms with E-state index in [4.69, 9.17) is 25.5 Å². The molecule has 3 rings (SSSR count). The second-order valence-electron chi connectivity index (χ2n) is 5.83. The van der Waals surface area contributed by atoms with Gasteiger partial charge in [0.15, 0.2) is 0 Å². The van der Waals surface area contributed by atoms with Gasteiger partial charge in [0.2, 0.25) is 0 Å². The Balaban J connectivity index is 1.49. The van der Waals surface area contributed by atoms with Gasteiger partial charge in [-0.1, -0.05) is 35.9 Å². The van der Waals surface area contributed by atoms with Crippen molar-refractivity contribution in [3.63, 3.8) is 0 Å². The fourth-order valence-corrected chi connectivity index (χ4v) is 2.78. The summed E-state index contributed by atoms with van der Waals surface area (Å²) in [5.74, 6) is 2.51. The van der Waals surface area contributed by atoms with Crippen molar-refractivity contribution in [2.75, 3.05) is 20.3 Å². The molecule has 2 aromatic carbocycles. The molecule has 0 bridgehead atoms. The van der Waals surface area contributed by atoms with Gasteiger partial charge in [0.05, 0.1) is 18.2 Å². The lowest BCUT2D eigenvalue weighted by Crippen LogP contribution is -2.12. The largest absolute Gasteiger partial charge is 0.491 e. The van der Waals surface area contributed by atoms with Crippen molar-refractivity contribution in [2.24, 2.45) is 0 Å². The molecule has 1 heterocycles. The van der Waals surface area contributed by atoms with Gasteiger partial charge in [0.1, 0.15) is 23.9 Å². The number of halogens is 1. The van der Waals surface area contributed by atoms with Crippen LogP contribution in [0.3, 0.4) is 0 Å². The van der Waals surface area contributed by atoms with Gasteiger partial charge in [-0.2, -0.15) is 0 Å². The number of hydrogen-bond acceptors (Lipinski definition) is 4. The molecule has 136 valence electrons. The van der Waals surface area contributed by atoms with E-state index < -0.39 is 0 Å². The summed E-state index contributed by atoms with van der Waals surface area (Å²) >= 11 is 6.21. The standard InChI is InChI=1S/C21H22ClNO3/c1-24-12-13-25-17-8-6-16(7-9-17)14-23-15-18-10-11-21(26-18)19-4-2-3-5-20(19)22/h2-11,23H,12-15H2,1H3. The number of nitrogens with one attached hydrogen (secondary N) is 1. The van der Waals surface area contributed by atoms with Crippen LogP contribution in [-0.4, -0.2) is 20.3 Å². The zero-order valence-corrected chi connectivity index (χ0v) is 15.5. The molecule has 0 aliphatic heterocycles. The smallest absolute Gasteiger partial charge is 0.135 e. The normalized spacial score (nSPS) is 10.8. The Morgan fingerprint density at radius 2 is 1.73 bits per heavy atom. The zero-order chi connectivity index (χ0) is 18.2. The van der Waals surface area contributed by atoms with E-state index in [9.17, 15) is 0 Å². The Bertz CT molecular complexity index is 814. The van der Waals surface area contributed by atoms with E-state index in [0.717, 1.165) is 29.4 Å². The molecule has 5 heteroatoms. The predicted molar refractivity (Wildman–Crippen MR) is 104 cm³/mol. The molecule has 0 aliphatic carbocycles. The quantitative estimate of drug-likeness (QED) is 0.542. The van der Waals surface area contributed by atoms with E-state index in [1.54, 1.807) is 7.11 Å². The SMILES string of the molecule is COCCOc1ccc(CNCc2ccc(-c3ccccc3Cl)o2)cc1. The van der Waals surface area contributed by atoms with E-state index in [1.165, 1.54) is 5.56 Å². The Kier molecular flexibility index (Phi) is 6.72. The highest BCUT2D eigenvalue weighted by Gasteiger charge is 2.07. The third-order valence-corrected chi connectivity index (χ3v) is 4.24. The molecule has 0 saturated carbocycles. The van der Waals surface area contributed by atoms with Crippen LogP contribution < -0.4 is 10.1 Å². The Labute approximate surface area is 158 Å². The molecule has 0 radical (unpaired) electrons. The second-order valence-corrected chi connectivity index (χ2v) is 6.24. The zero-order valence-electron chi connectivity index (χ0n) is 14.7. The van der Waals surface area contributed by atoms with Crippen LogP contribution in [0.2, 0.25) is 5.02 Å². The van der Waals surface area contributed by atoms with E-state index >= 15 is 0 Å². The Morgan fingerprint density at radius 1 is 0.923 bits per heavy atom. The molecule has 0 aliphatic rings. The van der Waals surface area contributed by atoms with Gasteiger partial charge in [-0.05, 0) is 42.0 Å². The molecule has 1 N–H and O–H groups in total. The van der Waals surface area contributed by atoms with Crippen molar-refractivity contribution in [3.8, 4) is 17.1 Å². The number of ether oxygens (including phenoxy) is 2.